The summed E-state index contributed by atoms with van der Waals surface area (Å²) in [5.74, 6) is -0.101. The van der Waals surface area contributed by atoms with E-state index in [2.05, 4.69) is 4.98 Å². The molecule has 1 heterocycles. The molecule has 0 aliphatic heterocycles. The molecule has 2 aromatic rings. The number of anilines is 1. The summed E-state index contributed by atoms with van der Waals surface area (Å²) in [7, 11) is 0. The minimum Gasteiger partial charge on any atom is -0.399 e. The first-order valence-electron chi connectivity index (χ1n) is 6.92. The number of hydrogen-bond donors (Lipinski definition) is 2. The molecule has 0 bridgehead atoms. The molecule has 0 aliphatic carbocycles. The summed E-state index contributed by atoms with van der Waals surface area (Å²) in [6.07, 6.45) is 2.31. The van der Waals surface area contributed by atoms with Crippen LogP contribution in [0.5, 0.6) is 0 Å². The van der Waals surface area contributed by atoms with Crippen molar-refractivity contribution in [2.24, 2.45) is 0 Å². The summed E-state index contributed by atoms with van der Waals surface area (Å²) in [4.78, 5) is 27.9. The third-order valence-corrected chi connectivity index (χ3v) is 3.14. The lowest BCUT2D eigenvalue weighted by Crippen LogP contribution is -2.31. The van der Waals surface area contributed by atoms with Gasteiger partial charge in [-0.3, -0.25) is 9.59 Å². The van der Waals surface area contributed by atoms with Crippen molar-refractivity contribution in [3.8, 4) is 0 Å². The average Bonchev–Trinajstić information content (AvgIpc) is 2.47. The number of pyridine rings is 1. The van der Waals surface area contributed by atoms with Crippen molar-refractivity contribution in [1.29, 1.82) is 0 Å². The van der Waals surface area contributed by atoms with Crippen LogP contribution in [-0.4, -0.2) is 22.3 Å². The van der Waals surface area contributed by atoms with Gasteiger partial charge in [0.2, 0.25) is 5.56 Å². The van der Waals surface area contributed by atoms with Crippen molar-refractivity contribution in [2.45, 2.75) is 19.9 Å². The Balaban J connectivity index is 2.19. The number of nitrogens with two attached hydrogens (primary N) is 1. The summed E-state index contributed by atoms with van der Waals surface area (Å²) in [6.45, 7) is 3.16. The summed E-state index contributed by atoms with van der Waals surface area (Å²) in [5.41, 5.74) is 7.70. The van der Waals surface area contributed by atoms with Gasteiger partial charge < -0.3 is 15.6 Å². The van der Waals surface area contributed by atoms with Gasteiger partial charge in [0.25, 0.3) is 5.91 Å². The minimum absolute atomic E-state index is 0.101. The number of benzene rings is 1. The van der Waals surface area contributed by atoms with Gasteiger partial charge in [-0.1, -0.05) is 19.1 Å². The minimum atomic E-state index is -0.218. The highest BCUT2D eigenvalue weighted by Crippen LogP contribution is 2.12. The molecule has 5 nitrogen and oxygen atoms in total. The Kier molecular flexibility index (Phi) is 4.77. The lowest BCUT2D eigenvalue weighted by atomic mass is 10.1. The molecule has 0 radical (unpaired) electrons. The molecule has 1 aromatic heterocycles. The zero-order valence-electron chi connectivity index (χ0n) is 12.0. The molecule has 110 valence electrons. The quantitative estimate of drug-likeness (QED) is 0.825. The smallest absolute Gasteiger partial charge is 0.255 e. The molecule has 0 spiro atoms. The fourth-order valence-electron chi connectivity index (χ4n) is 2.16. The molecule has 1 amide bonds. The lowest BCUT2D eigenvalue weighted by molar-refractivity contribution is 0.0742. The van der Waals surface area contributed by atoms with Crippen molar-refractivity contribution < 1.29 is 4.79 Å². The second-order valence-corrected chi connectivity index (χ2v) is 4.91. The van der Waals surface area contributed by atoms with Crippen molar-refractivity contribution in [3.63, 3.8) is 0 Å². The van der Waals surface area contributed by atoms with Crippen molar-refractivity contribution in [1.82, 2.24) is 9.88 Å². The second kappa shape index (κ2) is 6.74. The van der Waals surface area contributed by atoms with Gasteiger partial charge in [-0.05, 0) is 30.2 Å². The summed E-state index contributed by atoms with van der Waals surface area (Å²) >= 11 is 0. The second-order valence-electron chi connectivity index (χ2n) is 4.91. The van der Waals surface area contributed by atoms with E-state index in [4.69, 9.17) is 5.73 Å². The number of carbonyl (C=O) groups excluding carboxylic acids is 1. The molecule has 0 atom stereocenters. The molecule has 2 rings (SSSR count). The number of nitrogens with one attached hydrogen (secondary N) is 1. The predicted octanol–water partition coefficient (Wildman–Crippen LogP) is 2.01. The fraction of sp³-hybridized carbons (Fsp3) is 0.250. The third-order valence-electron chi connectivity index (χ3n) is 3.14. The molecule has 21 heavy (non-hydrogen) atoms. The topological polar surface area (TPSA) is 79.2 Å². The van der Waals surface area contributed by atoms with Gasteiger partial charge in [0.05, 0.1) is 5.56 Å². The van der Waals surface area contributed by atoms with Crippen LogP contribution in [0.4, 0.5) is 5.69 Å². The van der Waals surface area contributed by atoms with E-state index in [1.165, 1.54) is 12.3 Å². The number of carbonyl (C=O) groups is 1. The van der Waals surface area contributed by atoms with Crippen molar-refractivity contribution in [2.75, 3.05) is 12.3 Å². The van der Waals surface area contributed by atoms with Gasteiger partial charge in [-0.15, -0.1) is 0 Å². The number of amides is 1. The van der Waals surface area contributed by atoms with E-state index in [1.54, 1.807) is 11.0 Å². The van der Waals surface area contributed by atoms with E-state index >= 15 is 0 Å². The normalized spacial score (nSPS) is 10.3. The van der Waals surface area contributed by atoms with Crippen LogP contribution in [-0.2, 0) is 6.54 Å². The van der Waals surface area contributed by atoms with E-state index in [9.17, 15) is 9.59 Å². The van der Waals surface area contributed by atoms with Crippen molar-refractivity contribution >= 4 is 11.6 Å². The average molecular weight is 285 g/mol. The van der Waals surface area contributed by atoms with E-state index in [-0.39, 0.29) is 11.5 Å². The maximum absolute atomic E-state index is 12.5. The van der Waals surface area contributed by atoms with Crippen LogP contribution >= 0.6 is 0 Å². The summed E-state index contributed by atoms with van der Waals surface area (Å²) < 4.78 is 0. The molecule has 0 saturated carbocycles. The number of nitrogens with zero attached hydrogens (tertiary/aromatic N) is 1. The number of nitrogen functional groups attached to an aromatic ring is 1. The molecule has 5 heteroatoms. The van der Waals surface area contributed by atoms with Crippen LogP contribution in [0, 0.1) is 0 Å². The highest BCUT2D eigenvalue weighted by atomic mass is 16.2. The summed E-state index contributed by atoms with van der Waals surface area (Å²) in [5, 5.41) is 0. The van der Waals surface area contributed by atoms with Crippen LogP contribution in [0.15, 0.2) is 47.4 Å². The number of rotatable bonds is 5. The van der Waals surface area contributed by atoms with Crippen LogP contribution in [0.1, 0.15) is 29.3 Å². The van der Waals surface area contributed by atoms with Gasteiger partial charge in [0, 0.05) is 31.0 Å². The third kappa shape index (κ3) is 3.95. The molecule has 0 saturated heterocycles. The van der Waals surface area contributed by atoms with Crippen LogP contribution < -0.4 is 11.3 Å². The SMILES string of the molecule is CCCN(Cc1cccc(N)c1)C(=O)c1ccc(=O)[nH]c1. The van der Waals surface area contributed by atoms with Crippen LogP contribution in [0.2, 0.25) is 0 Å². The monoisotopic (exact) mass is 285 g/mol. The van der Waals surface area contributed by atoms with Crippen molar-refractivity contribution in [3.05, 3.63) is 64.1 Å². The number of hydrogen-bond acceptors (Lipinski definition) is 3. The largest absolute Gasteiger partial charge is 0.399 e. The predicted molar refractivity (Wildman–Crippen MR) is 82.9 cm³/mol. The van der Waals surface area contributed by atoms with Gasteiger partial charge in [-0.25, -0.2) is 0 Å². The molecular formula is C16H19N3O2. The summed E-state index contributed by atoms with van der Waals surface area (Å²) in [6, 6.07) is 10.4. The Morgan fingerprint density at radius 2 is 2.10 bits per heavy atom. The lowest BCUT2D eigenvalue weighted by Gasteiger charge is -2.22. The Bertz CT molecular complexity index is 659. The van der Waals surface area contributed by atoms with Gasteiger partial charge >= 0.3 is 0 Å². The van der Waals surface area contributed by atoms with Gasteiger partial charge in [-0.2, -0.15) is 0 Å². The zero-order valence-corrected chi connectivity index (χ0v) is 12.0. The van der Waals surface area contributed by atoms with E-state index < -0.39 is 0 Å². The highest BCUT2D eigenvalue weighted by Gasteiger charge is 2.15. The Morgan fingerprint density at radius 3 is 2.71 bits per heavy atom. The highest BCUT2D eigenvalue weighted by molar-refractivity contribution is 5.93. The van der Waals surface area contributed by atoms with E-state index in [0.29, 0.717) is 24.3 Å². The molecule has 0 fully saturated rings. The zero-order chi connectivity index (χ0) is 15.2. The maximum atomic E-state index is 12.5. The fourth-order valence-corrected chi connectivity index (χ4v) is 2.16. The first kappa shape index (κ1) is 14.8. The van der Waals surface area contributed by atoms with E-state index in [0.717, 1.165) is 12.0 Å². The standard InChI is InChI=1S/C16H19N3O2/c1-2-8-19(11-12-4-3-5-14(17)9-12)16(21)13-6-7-15(20)18-10-13/h3-7,9-10H,2,8,11,17H2,1H3,(H,18,20). The first-order valence-corrected chi connectivity index (χ1v) is 6.92. The molecular weight excluding hydrogens is 266 g/mol. The van der Waals surface area contributed by atoms with E-state index in [1.807, 2.05) is 31.2 Å². The first-order chi connectivity index (χ1) is 10.1. The Labute approximate surface area is 123 Å². The molecule has 1 aromatic carbocycles. The number of aromatic nitrogens is 1. The van der Waals surface area contributed by atoms with Gasteiger partial charge in [0.15, 0.2) is 0 Å². The molecule has 0 unspecified atom stereocenters. The molecule has 0 aliphatic rings. The van der Waals surface area contributed by atoms with Crippen LogP contribution in [0.3, 0.4) is 0 Å². The van der Waals surface area contributed by atoms with Crippen LogP contribution in [0.25, 0.3) is 0 Å². The molecule has 3 N–H and O–H groups in total. The number of H-pyrrole nitrogens is 1. The Hall–Kier alpha value is -2.56. The van der Waals surface area contributed by atoms with Gasteiger partial charge in [0.1, 0.15) is 0 Å². The maximum Gasteiger partial charge on any atom is 0.255 e. The Morgan fingerprint density at radius 1 is 1.29 bits per heavy atom. The number of aromatic amines is 1.